The van der Waals surface area contributed by atoms with Crippen LogP contribution in [0.5, 0.6) is 11.5 Å². The number of halogens is 3. The molecule has 26 heavy (non-hydrogen) atoms. The lowest BCUT2D eigenvalue weighted by Gasteiger charge is -2.13. The molecule has 0 bridgehead atoms. The lowest BCUT2D eigenvalue weighted by Crippen LogP contribution is -2.17. The number of nitriles is 1. The van der Waals surface area contributed by atoms with Gasteiger partial charge in [-0.2, -0.15) is 5.26 Å². The number of hydrogen-bond acceptors (Lipinski definition) is 4. The summed E-state index contributed by atoms with van der Waals surface area (Å²) in [6.07, 6.45) is -4.43. The van der Waals surface area contributed by atoms with Crippen molar-refractivity contribution >= 4 is 11.0 Å². The van der Waals surface area contributed by atoms with Crippen molar-refractivity contribution < 1.29 is 22.6 Å². The van der Waals surface area contributed by atoms with E-state index in [0.717, 1.165) is 0 Å². The summed E-state index contributed by atoms with van der Waals surface area (Å²) in [5, 5.41) is 8.95. The van der Waals surface area contributed by atoms with Crippen LogP contribution in [0.25, 0.3) is 11.0 Å². The number of hydrogen-bond donors (Lipinski definition) is 1. The fourth-order valence-electron chi connectivity index (χ4n) is 2.56. The summed E-state index contributed by atoms with van der Waals surface area (Å²) in [7, 11) is 0. The van der Waals surface area contributed by atoms with Crippen molar-refractivity contribution in [3.05, 3.63) is 53.3 Å². The molecule has 0 amide bonds. The Balaban J connectivity index is 1.89. The van der Waals surface area contributed by atoms with E-state index < -0.39 is 6.36 Å². The quantitative estimate of drug-likeness (QED) is 0.735. The second kappa shape index (κ2) is 6.96. The molecule has 134 valence electrons. The molecule has 0 saturated carbocycles. The standard InChI is InChI=1S/C18H14F3N3O2/c1-2-25-16-9-13(26-18(19,20)21)5-4-12(16)8-17-23-14-6-3-11(10-22)7-15(14)24-17/h3-7,9H,2,8H2,1H3,(H,23,24). The number of nitrogens with zero attached hydrogens (tertiary/aromatic N) is 2. The summed E-state index contributed by atoms with van der Waals surface area (Å²) in [5.41, 5.74) is 2.60. The molecule has 0 aliphatic carbocycles. The van der Waals surface area contributed by atoms with Gasteiger partial charge in [-0.15, -0.1) is 13.2 Å². The van der Waals surface area contributed by atoms with Crippen LogP contribution in [0.15, 0.2) is 36.4 Å². The number of ether oxygens (including phenoxy) is 2. The predicted molar refractivity (Wildman–Crippen MR) is 87.9 cm³/mol. The monoisotopic (exact) mass is 361 g/mol. The second-order valence-corrected chi connectivity index (χ2v) is 5.45. The number of rotatable bonds is 5. The van der Waals surface area contributed by atoms with Crippen LogP contribution in [-0.4, -0.2) is 22.9 Å². The first-order valence-electron chi connectivity index (χ1n) is 7.78. The highest BCUT2D eigenvalue weighted by Crippen LogP contribution is 2.30. The van der Waals surface area contributed by atoms with E-state index in [1.54, 1.807) is 25.1 Å². The van der Waals surface area contributed by atoms with E-state index in [1.807, 2.05) is 0 Å². The molecule has 5 nitrogen and oxygen atoms in total. The Labute approximate surface area is 147 Å². The molecular weight excluding hydrogens is 347 g/mol. The van der Waals surface area contributed by atoms with Gasteiger partial charge in [0.2, 0.25) is 0 Å². The van der Waals surface area contributed by atoms with Crippen molar-refractivity contribution in [3.63, 3.8) is 0 Å². The highest BCUT2D eigenvalue weighted by molar-refractivity contribution is 5.76. The fraction of sp³-hybridized carbons (Fsp3) is 0.222. The highest BCUT2D eigenvalue weighted by atomic mass is 19.4. The third-order valence-electron chi connectivity index (χ3n) is 3.59. The smallest absolute Gasteiger partial charge is 0.493 e. The largest absolute Gasteiger partial charge is 0.573 e. The number of aromatic amines is 1. The van der Waals surface area contributed by atoms with Crippen molar-refractivity contribution in [2.75, 3.05) is 6.61 Å². The van der Waals surface area contributed by atoms with Gasteiger partial charge in [-0.1, -0.05) is 6.07 Å². The molecule has 0 aliphatic heterocycles. The molecule has 1 heterocycles. The van der Waals surface area contributed by atoms with Crippen LogP contribution >= 0.6 is 0 Å². The SMILES string of the molecule is CCOc1cc(OC(F)(F)F)ccc1Cc1nc2ccc(C#N)cc2[nH]1. The molecule has 0 radical (unpaired) electrons. The van der Waals surface area contributed by atoms with Crippen LogP contribution in [-0.2, 0) is 6.42 Å². The van der Waals surface area contributed by atoms with E-state index in [2.05, 4.69) is 20.8 Å². The maximum Gasteiger partial charge on any atom is 0.573 e. The minimum atomic E-state index is -4.76. The summed E-state index contributed by atoms with van der Waals surface area (Å²) in [6, 6.07) is 11.1. The van der Waals surface area contributed by atoms with E-state index in [4.69, 9.17) is 10.00 Å². The lowest BCUT2D eigenvalue weighted by atomic mass is 10.1. The molecule has 3 rings (SSSR count). The molecule has 0 atom stereocenters. The molecule has 0 aliphatic rings. The van der Waals surface area contributed by atoms with Gasteiger partial charge in [0.05, 0.1) is 29.3 Å². The first-order chi connectivity index (χ1) is 12.4. The first-order valence-corrected chi connectivity index (χ1v) is 7.78. The van der Waals surface area contributed by atoms with Gasteiger partial charge in [-0.25, -0.2) is 4.98 Å². The van der Waals surface area contributed by atoms with Gasteiger partial charge < -0.3 is 14.5 Å². The van der Waals surface area contributed by atoms with Crippen LogP contribution in [0.3, 0.4) is 0 Å². The van der Waals surface area contributed by atoms with E-state index in [9.17, 15) is 13.2 Å². The number of aromatic nitrogens is 2. The Morgan fingerprint density at radius 1 is 1.19 bits per heavy atom. The van der Waals surface area contributed by atoms with Crippen LogP contribution < -0.4 is 9.47 Å². The number of fused-ring (bicyclic) bond motifs is 1. The van der Waals surface area contributed by atoms with Crippen LogP contribution in [0, 0.1) is 11.3 Å². The number of benzene rings is 2. The molecular formula is C18H14F3N3O2. The Kier molecular flexibility index (Phi) is 4.71. The number of imidazole rings is 1. The first kappa shape index (κ1) is 17.6. The molecule has 3 aromatic rings. The molecule has 0 unspecified atom stereocenters. The summed E-state index contributed by atoms with van der Waals surface area (Å²) >= 11 is 0. The van der Waals surface area contributed by atoms with E-state index in [1.165, 1.54) is 18.2 Å². The number of nitrogens with one attached hydrogen (secondary N) is 1. The van der Waals surface area contributed by atoms with Gasteiger partial charge in [-0.05, 0) is 31.2 Å². The maximum atomic E-state index is 12.4. The normalized spacial score (nSPS) is 11.3. The van der Waals surface area contributed by atoms with Gasteiger partial charge in [-0.3, -0.25) is 0 Å². The van der Waals surface area contributed by atoms with Crippen molar-refractivity contribution in [3.8, 4) is 17.6 Å². The van der Waals surface area contributed by atoms with E-state index in [-0.39, 0.29) is 5.75 Å². The minimum absolute atomic E-state index is 0.299. The predicted octanol–water partition coefficient (Wildman–Crippen LogP) is 4.32. The molecule has 0 saturated heterocycles. The zero-order valence-corrected chi connectivity index (χ0v) is 13.7. The minimum Gasteiger partial charge on any atom is -0.493 e. The maximum absolute atomic E-state index is 12.4. The Morgan fingerprint density at radius 3 is 2.69 bits per heavy atom. The molecule has 1 N–H and O–H groups in total. The van der Waals surface area contributed by atoms with Crippen molar-refractivity contribution in [2.24, 2.45) is 0 Å². The summed E-state index contributed by atoms with van der Waals surface area (Å²) < 4.78 is 46.5. The topological polar surface area (TPSA) is 70.9 Å². The molecule has 1 aromatic heterocycles. The lowest BCUT2D eigenvalue weighted by molar-refractivity contribution is -0.274. The second-order valence-electron chi connectivity index (χ2n) is 5.45. The zero-order chi connectivity index (χ0) is 18.7. The van der Waals surface area contributed by atoms with Crippen LogP contribution in [0.1, 0.15) is 23.9 Å². The molecule has 0 fully saturated rings. The Hall–Kier alpha value is -3.21. The van der Waals surface area contributed by atoms with Crippen LogP contribution in [0.4, 0.5) is 13.2 Å². The van der Waals surface area contributed by atoms with Gasteiger partial charge in [0.25, 0.3) is 0 Å². The summed E-state index contributed by atoms with van der Waals surface area (Å²) in [6.45, 7) is 2.04. The summed E-state index contributed by atoms with van der Waals surface area (Å²) in [5.74, 6) is 0.570. The fourth-order valence-corrected chi connectivity index (χ4v) is 2.56. The van der Waals surface area contributed by atoms with Crippen molar-refractivity contribution in [1.82, 2.24) is 9.97 Å². The molecule has 2 aromatic carbocycles. The summed E-state index contributed by atoms with van der Waals surface area (Å²) in [4.78, 5) is 7.55. The van der Waals surface area contributed by atoms with Crippen molar-refractivity contribution in [1.29, 1.82) is 5.26 Å². The van der Waals surface area contributed by atoms with E-state index >= 15 is 0 Å². The van der Waals surface area contributed by atoms with Gasteiger partial charge in [0.1, 0.15) is 17.3 Å². The molecule has 0 spiro atoms. The number of H-pyrrole nitrogens is 1. The average Bonchev–Trinajstić information content (AvgIpc) is 2.97. The zero-order valence-electron chi connectivity index (χ0n) is 13.7. The highest BCUT2D eigenvalue weighted by Gasteiger charge is 2.31. The van der Waals surface area contributed by atoms with Gasteiger partial charge >= 0.3 is 6.36 Å². The van der Waals surface area contributed by atoms with Gasteiger partial charge in [0, 0.05) is 18.1 Å². The Bertz CT molecular complexity index is 974. The third kappa shape index (κ3) is 4.06. The molecule has 8 heteroatoms. The third-order valence-corrected chi connectivity index (χ3v) is 3.59. The number of alkyl halides is 3. The van der Waals surface area contributed by atoms with Crippen molar-refractivity contribution in [2.45, 2.75) is 19.7 Å². The van der Waals surface area contributed by atoms with Gasteiger partial charge in [0.15, 0.2) is 0 Å². The van der Waals surface area contributed by atoms with E-state index in [0.29, 0.717) is 46.8 Å². The van der Waals surface area contributed by atoms with Crippen LogP contribution in [0.2, 0.25) is 0 Å². The average molecular weight is 361 g/mol. The Morgan fingerprint density at radius 2 is 2.00 bits per heavy atom.